The molecule has 1 atom stereocenters. The molecule has 5 nitrogen and oxygen atoms in total. The number of likely N-dealkylation sites (N-methyl/N-ethyl adjacent to an activating group) is 2. The van der Waals surface area contributed by atoms with Crippen molar-refractivity contribution >= 4 is 11.8 Å². The predicted molar refractivity (Wildman–Crippen MR) is 86.1 cm³/mol. The van der Waals surface area contributed by atoms with Gasteiger partial charge in [-0.3, -0.25) is 14.5 Å². The summed E-state index contributed by atoms with van der Waals surface area (Å²) < 4.78 is 13.2. The van der Waals surface area contributed by atoms with Gasteiger partial charge in [0.05, 0.1) is 12.6 Å². The van der Waals surface area contributed by atoms with Gasteiger partial charge in [-0.05, 0) is 44.5 Å². The van der Waals surface area contributed by atoms with Gasteiger partial charge in [-0.15, -0.1) is 0 Å². The third kappa shape index (κ3) is 5.32. The van der Waals surface area contributed by atoms with Crippen molar-refractivity contribution in [3.05, 3.63) is 35.6 Å². The van der Waals surface area contributed by atoms with Crippen molar-refractivity contribution in [2.45, 2.75) is 38.4 Å². The number of rotatable bonds is 7. The number of nitrogens with one attached hydrogen (secondary N) is 1. The Kier molecular flexibility index (Phi) is 5.71. The molecule has 1 aromatic rings. The van der Waals surface area contributed by atoms with Gasteiger partial charge in [0.25, 0.3) is 0 Å². The second-order valence-corrected chi connectivity index (χ2v) is 6.26. The van der Waals surface area contributed by atoms with Crippen molar-refractivity contribution in [2.75, 3.05) is 20.6 Å². The van der Waals surface area contributed by atoms with Gasteiger partial charge in [0.15, 0.2) is 0 Å². The number of hydrogen-bond acceptors (Lipinski definition) is 3. The summed E-state index contributed by atoms with van der Waals surface area (Å²) in [5.74, 6) is -0.469. The van der Waals surface area contributed by atoms with E-state index >= 15 is 0 Å². The van der Waals surface area contributed by atoms with Crippen LogP contribution in [-0.4, -0.2) is 54.3 Å². The molecule has 0 radical (unpaired) electrons. The van der Waals surface area contributed by atoms with Crippen molar-refractivity contribution in [2.24, 2.45) is 0 Å². The number of benzene rings is 1. The average molecular weight is 321 g/mol. The van der Waals surface area contributed by atoms with Crippen molar-refractivity contribution in [3.8, 4) is 0 Å². The van der Waals surface area contributed by atoms with Crippen LogP contribution in [0.3, 0.4) is 0 Å². The Morgan fingerprint density at radius 1 is 1.35 bits per heavy atom. The summed E-state index contributed by atoms with van der Waals surface area (Å²) in [6.07, 6.45) is 2.08. The topological polar surface area (TPSA) is 52.7 Å². The molecule has 0 spiro atoms. The lowest BCUT2D eigenvalue weighted by molar-refractivity contribution is -0.136. The highest BCUT2D eigenvalue weighted by Crippen LogP contribution is 2.18. The molecule has 0 bridgehead atoms. The van der Waals surface area contributed by atoms with Gasteiger partial charge in [-0.25, -0.2) is 4.39 Å². The molecule has 2 amide bonds. The van der Waals surface area contributed by atoms with E-state index in [0.717, 1.165) is 18.4 Å². The van der Waals surface area contributed by atoms with Gasteiger partial charge < -0.3 is 10.2 Å². The van der Waals surface area contributed by atoms with Crippen LogP contribution in [0.15, 0.2) is 24.3 Å². The minimum Gasteiger partial charge on any atom is -0.352 e. The minimum absolute atomic E-state index is 0.0533. The Morgan fingerprint density at radius 3 is 2.65 bits per heavy atom. The molecule has 1 aliphatic carbocycles. The van der Waals surface area contributed by atoms with Crippen molar-refractivity contribution in [3.63, 3.8) is 0 Å². The molecule has 0 aliphatic heterocycles. The largest absolute Gasteiger partial charge is 0.352 e. The maximum atomic E-state index is 13.2. The smallest absolute Gasteiger partial charge is 0.239 e. The number of carbonyl (C=O) groups excluding carboxylic acids is 2. The van der Waals surface area contributed by atoms with E-state index in [1.165, 1.54) is 12.1 Å². The highest BCUT2D eigenvalue weighted by atomic mass is 19.1. The Labute approximate surface area is 136 Å². The summed E-state index contributed by atoms with van der Waals surface area (Å²) in [5.41, 5.74) is 0.738. The molecule has 1 N–H and O–H groups in total. The van der Waals surface area contributed by atoms with Crippen LogP contribution in [0.1, 0.15) is 25.3 Å². The van der Waals surface area contributed by atoms with Crippen LogP contribution in [0.4, 0.5) is 4.39 Å². The molecule has 0 heterocycles. The molecule has 0 aromatic heterocycles. The van der Waals surface area contributed by atoms with E-state index in [4.69, 9.17) is 0 Å². The molecule has 1 aliphatic rings. The van der Waals surface area contributed by atoms with Crippen molar-refractivity contribution < 1.29 is 14.0 Å². The SMILES string of the molecule is C[C@@H](C(=O)N(C)Cc1cccc(F)c1)N(C)CC(=O)NC1CC1. The van der Waals surface area contributed by atoms with Gasteiger partial charge in [-0.2, -0.15) is 0 Å². The number of carbonyl (C=O) groups is 2. The Hall–Kier alpha value is -1.95. The van der Waals surface area contributed by atoms with Crippen LogP contribution in [0.25, 0.3) is 0 Å². The fourth-order valence-corrected chi connectivity index (χ4v) is 2.36. The maximum Gasteiger partial charge on any atom is 0.239 e. The molecular weight excluding hydrogens is 297 g/mol. The normalized spacial score (nSPS) is 15.3. The second kappa shape index (κ2) is 7.55. The number of amides is 2. The van der Waals surface area contributed by atoms with E-state index in [1.54, 1.807) is 43.0 Å². The van der Waals surface area contributed by atoms with E-state index in [-0.39, 0.29) is 24.2 Å². The summed E-state index contributed by atoms with van der Waals surface area (Å²) >= 11 is 0. The van der Waals surface area contributed by atoms with Gasteiger partial charge in [0, 0.05) is 19.6 Å². The molecule has 126 valence electrons. The van der Waals surface area contributed by atoms with E-state index in [1.807, 2.05) is 0 Å². The standard InChI is InChI=1S/C17H24FN3O2/c1-12(20(2)11-16(22)19-15-7-8-15)17(23)21(3)10-13-5-4-6-14(18)9-13/h4-6,9,12,15H,7-8,10-11H2,1-3H3,(H,19,22)/t12-/m0/s1. The van der Waals surface area contributed by atoms with Gasteiger partial charge >= 0.3 is 0 Å². The molecular formula is C17H24FN3O2. The molecule has 0 saturated heterocycles. The van der Waals surface area contributed by atoms with Crippen molar-refractivity contribution in [1.29, 1.82) is 0 Å². The number of halogens is 1. The third-order valence-electron chi connectivity index (χ3n) is 4.04. The highest BCUT2D eigenvalue weighted by molar-refractivity contribution is 5.83. The molecule has 0 unspecified atom stereocenters. The summed E-state index contributed by atoms with van der Waals surface area (Å²) in [4.78, 5) is 27.5. The predicted octanol–water partition coefficient (Wildman–Crippen LogP) is 1.38. The Bertz CT molecular complexity index is 575. The van der Waals surface area contributed by atoms with Crippen molar-refractivity contribution in [1.82, 2.24) is 15.1 Å². The van der Waals surface area contributed by atoms with Crippen LogP contribution in [-0.2, 0) is 16.1 Å². The first-order valence-corrected chi connectivity index (χ1v) is 7.86. The molecule has 1 saturated carbocycles. The minimum atomic E-state index is -0.418. The summed E-state index contributed by atoms with van der Waals surface area (Å²) in [6, 6.07) is 6.10. The van der Waals surface area contributed by atoms with Gasteiger partial charge in [0.2, 0.25) is 11.8 Å². The lowest BCUT2D eigenvalue weighted by Gasteiger charge is -2.27. The lowest BCUT2D eigenvalue weighted by Crippen LogP contribution is -2.47. The summed E-state index contributed by atoms with van der Waals surface area (Å²) in [7, 11) is 3.44. The summed E-state index contributed by atoms with van der Waals surface area (Å²) in [6.45, 7) is 2.30. The Morgan fingerprint density at radius 2 is 2.04 bits per heavy atom. The van der Waals surface area contributed by atoms with E-state index < -0.39 is 6.04 Å². The first-order valence-electron chi connectivity index (χ1n) is 7.86. The quantitative estimate of drug-likeness (QED) is 0.825. The first-order chi connectivity index (χ1) is 10.9. The fourth-order valence-electron chi connectivity index (χ4n) is 2.36. The Balaban J connectivity index is 1.85. The number of nitrogens with zero attached hydrogens (tertiary/aromatic N) is 2. The van der Waals surface area contributed by atoms with Gasteiger partial charge in [-0.1, -0.05) is 12.1 Å². The van der Waals surface area contributed by atoms with E-state index in [2.05, 4.69) is 5.32 Å². The van der Waals surface area contributed by atoms with E-state index in [9.17, 15) is 14.0 Å². The lowest BCUT2D eigenvalue weighted by atomic mass is 10.2. The fraction of sp³-hybridized carbons (Fsp3) is 0.529. The molecule has 2 rings (SSSR count). The van der Waals surface area contributed by atoms with Crippen LogP contribution >= 0.6 is 0 Å². The first kappa shape index (κ1) is 17.4. The molecule has 1 aromatic carbocycles. The third-order valence-corrected chi connectivity index (χ3v) is 4.04. The highest BCUT2D eigenvalue weighted by Gasteiger charge is 2.26. The maximum absolute atomic E-state index is 13.2. The zero-order chi connectivity index (χ0) is 17.0. The monoisotopic (exact) mass is 321 g/mol. The van der Waals surface area contributed by atoms with Crippen LogP contribution in [0.5, 0.6) is 0 Å². The van der Waals surface area contributed by atoms with Gasteiger partial charge in [0.1, 0.15) is 5.82 Å². The molecule has 6 heteroatoms. The number of hydrogen-bond donors (Lipinski definition) is 1. The van der Waals surface area contributed by atoms with Crippen LogP contribution in [0.2, 0.25) is 0 Å². The second-order valence-electron chi connectivity index (χ2n) is 6.26. The zero-order valence-electron chi connectivity index (χ0n) is 13.9. The van der Waals surface area contributed by atoms with E-state index in [0.29, 0.717) is 12.6 Å². The van der Waals surface area contributed by atoms with Crippen LogP contribution < -0.4 is 5.32 Å². The molecule has 1 fully saturated rings. The van der Waals surface area contributed by atoms with Crippen LogP contribution in [0, 0.1) is 5.82 Å². The molecule has 23 heavy (non-hydrogen) atoms. The summed E-state index contributed by atoms with van der Waals surface area (Å²) in [5, 5.41) is 2.91. The zero-order valence-corrected chi connectivity index (χ0v) is 13.9. The average Bonchev–Trinajstić information content (AvgIpc) is 3.29.